The third kappa shape index (κ3) is 4.73. The molecule has 1 N–H and O–H groups in total. The number of carbonyl (C=O) groups excluding carboxylic acids is 1. The van der Waals surface area contributed by atoms with E-state index in [0.717, 1.165) is 16.5 Å². The number of aromatic nitrogens is 3. The molecule has 3 rings (SSSR count). The van der Waals surface area contributed by atoms with Gasteiger partial charge in [0.2, 0.25) is 5.91 Å². The minimum absolute atomic E-state index is 0.00855. The number of nitrogens with zero attached hydrogens (tertiary/aromatic N) is 3. The van der Waals surface area contributed by atoms with Crippen LogP contribution < -0.4 is 5.32 Å². The van der Waals surface area contributed by atoms with E-state index in [2.05, 4.69) is 27.6 Å². The molecule has 2 aromatic carbocycles. The number of aryl methyl sites for hydroxylation is 1. The highest BCUT2D eigenvalue weighted by Gasteiger charge is 2.19. The minimum atomic E-state index is -0.253. The normalized spacial score (nSPS) is 11.9. The van der Waals surface area contributed by atoms with Gasteiger partial charge < -0.3 is 9.88 Å². The molecule has 0 aliphatic heterocycles. The first-order chi connectivity index (χ1) is 12.6. The van der Waals surface area contributed by atoms with Gasteiger partial charge in [-0.2, -0.15) is 0 Å². The summed E-state index contributed by atoms with van der Waals surface area (Å²) in [5, 5.41) is 11.9. The summed E-state index contributed by atoms with van der Waals surface area (Å²) in [5.41, 5.74) is 2.26. The Hall–Kier alpha value is -2.60. The second kappa shape index (κ2) is 8.67. The van der Waals surface area contributed by atoms with Gasteiger partial charge in [-0.1, -0.05) is 72.4 Å². The van der Waals surface area contributed by atoms with Crippen molar-refractivity contribution in [3.8, 4) is 0 Å². The van der Waals surface area contributed by atoms with Gasteiger partial charge in [-0.05, 0) is 25.0 Å². The fraction of sp³-hybridized carbons (Fsp3) is 0.250. The summed E-state index contributed by atoms with van der Waals surface area (Å²) in [7, 11) is 0. The summed E-state index contributed by atoms with van der Waals surface area (Å²) >= 11 is 1.43. The van der Waals surface area contributed by atoms with Gasteiger partial charge in [0, 0.05) is 6.54 Å². The third-order valence-electron chi connectivity index (χ3n) is 4.05. The highest BCUT2D eigenvalue weighted by molar-refractivity contribution is 8.00. The minimum Gasteiger partial charge on any atom is -0.351 e. The number of amides is 1. The summed E-state index contributed by atoms with van der Waals surface area (Å²) < 4.78 is 2.04. The molecule has 3 aromatic rings. The zero-order valence-corrected chi connectivity index (χ0v) is 15.7. The van der Waals surface area contributed by atoms with Crippen LogP contribution in [-0.4, -0.2) is 25.9 Å². The smallest absolute Gasteiger partial charge is 0.233 e. The molecule has 1 amide bonds. The number of hydrogen-bond acceptors (Lipinski definition) is 4. The van der Waals surface area contributed by atoms with E-state index in [-0.39, 0.29) is 11.2 Å². The molecule has 0 saturated heterocycles. The van der Waals surface area contributed by atoms with Crippen LogP contribution in [0.15, 0.2) is 65.8 Å². The molecule has 0 spiro atoms. The van der Waals surface area contributed by atoms with Gasteiger partial charge in [-0.15, -0.1) is 10.2 Å². The van der Waals surface area contributed by atoms with E-state index in [9.17, 15) is 4.79 Å². The van der Waals surface area contributed by atoms with Crippen molar-refractivity contribution in [1.82, 2.24) is 20.1 Å². The van der Waals surface area contributed by atoms with Gasteiger partial charge in [0.25, 0.3) is 0 Å². The van der Waals surface area contributed by atoms with Crippen LogP contribution in [0.4, 0.5) is 0 Å². The standard InChI is InChI=1S/C20H22N4OS/c1-15(19(25)21-13-17-9-5-3-6-10-17)26-20-23-22-16(2)24(20)14-18-11-7-4-8-12-18/h3-12,15H,13-14H2,1-2H3,(H,21,25). The number of hydrogen-bond donors (Lipinski definition) is 1. The first-order valence-electron chi connectivity index (χ1n) is 8.55. The van der Waals surface area contributed by atoms with Crippen LogP contribution in [-0.2, 0) is 17.9 Å². The lowest BCUT2D eigenvalue weighted by molar-refractivity contribution is -0.120. The lowest BCUT2D eigenvalue weighted by Crippen LogP contribution is -2.30. The molecule has 1 aromatic heterocycles. The van der Waals surface area contributed by atoms with E-state index in [4.69, 9.17) is 0 Å². The summed E-state index contributed by atoms with van der Waals surface area (Å²) in [6.45, 7) is 5.04. The Balaban J connectivity index is 1.62. The number of carbonyl (C=O) groups is 1. The monoisotopic (exact) mass is 366 g/mol. The molecule has 0 fully saturated rings. The van der Waals surface area contributed by atoms with E-state index in [1.165, 1.54) is 17.3 Å². The molecule has 0 aliphatic rings. The van der Waals surface area contributed by atoms with Crippen molar-refractivity contribution in [2.45, 2.75) is 37.3 Å². The molecule has 0 aliphatic carbocycles. The molecule has 26 heavy (non-hydrogen) atoms. The fourth-order valence-corrected chi connectivity index (χ4v) is 3.46. The van der Waals surface area contributed by atoms with E-state index in [1.807, 2.05) is 66.9 Å². The Morgan fingerprint density at radius 3 is 2.31 bits per heavy atom. The number of nitrogens with one attached hydrogen (secondary N) is 1. The summed E-state index contributed by atoms with van der Waals surface area (Å²) in [6, 6.07) is 20.1. The van der Waals surface area contributed by atoms with Crippen LogP contribution in [0, 0.1) is 6.92 Å². The molecule has 1 unspecified atom stereocenters. The Kier molecular flexibility index (Phi) is 6.07. The highest BCUT2D eigenvalue weighted by Crippen LogP contribution is 2.23. The molecule has 0 saturated carbocycles. The number of rotatable bonds is 7. The number of benzene rings is 2. The molecule has 6 heteroatoms. The molecule has 1 heterocycles. The first-order valence-corrected chi connectivity index (χ1v) is 9.43. The maximum atomic E-state index is 12.4. The summed E-state index contributed by atoms with van der Waals surface area (Å²) in [5.74, 6) is 0.832. The highest BCUT2D eigenvalue weighted by atomic mass is 32.2. The molecule has 134 valence electrons. The lowest BCUT2D eigenvalue weighted by atomic mass is 10.2. The van der Waals surface area contributed by atoms with Crippen LogP contribution >= 0.6 is 11.8 Å². The second-order valence-corrected chi connectivity index (χ2v) is 7.37. The predicted molar refractivity (Wildman–Crippen MR) is 104 cm³/mol. The van der Waals surface area contributed by atoms with E-state index in [1.54, 1.807) is 0 Å². The topological polar surface area (TPSA) is 59.8 Å². The third-order valence-corrected chi connectivity index (χ3v) is 5.13. The zero-order chi connectivity index (χ0) is 18.4. The molecule has 1 atom stereocenters. The average Bonchev–Trinajstić information content (AvgIpc) is 3.01. The Morgan fingerprint density at radius 1 is 1.04 bits per heavy atom. The average molecular weight is 366 g/mol. The molecule has 0 bridgehead atoms. The van der Waals surface area contributed by atoms with Crippen molar-refractivity contribution >= 4 is 17.7 Å². The Morgan fingerprint density at radius 2 is 1.65 bits per heavy atom. The van der Waals surface area contributed by atoms with Gasteiger partial charge in [-0.25, -0.2) is 0 Å². The SMILES string of the molecule is Cc1nnc(SC(C)C(=O)NCc2ccccc2)n1Cc1ccccc1. The predicted octanol–water partition coefficient (Wildman–Crippen LogP) is 3.43. The molecular weight excluding hydrogens is 344 g/mol. The van der Waals surface area contributed by atoms with Crippen molar-refractivity contribution in [1.29, 1.82) is 0 Å². The fourth-order valence-electron chi connectivity index (χ4n) is 2.54. The van der Waals surface area contributed by atoms with Gasteiger partial charge in [0.05, 0.1) is 11.8 Å². The maximum Gasteiger partial charge on any atom is 0.233 e. The quantitative estimate of drug-likeness (QED) is 0.651. The van der Waals surface area contributed by atoms with Gasteiger partial charge in [0.15, 0.2) is 5.16 Å². The van der Waals surface area contributed by atoms with Gasteiger partial charge in [-0.3, -0.25) is 4.79 Å². The van der Waals surface area contributed by atoms with Crippen LogP contribution in [0.1, 0.15) is 23.9 Å². The molecule has 5 nitrogen and oxygen atoms in total. The van der Waals surface area contributed by atoms with E-state index >= 15 is 0 Å². The molecular formula is C20H22N4OS. The largest absolute Gasteiger partial charge is 0.351 e. The lowest BCUT2D eigenvalue weighted by Gasteiger charge is -2.13. The van der Waals surface area contributed by atoms with Crippen LogP contribution in [0.3, 0.4) is 0 Å². The van der Waals surface area contributed by atoms with Gasteiger partial charge >= 0.3 is 0 Å². The summed E-state index contributed by atoms with van der Waals surface area (Å²) in [6.07, 6.45) is 0. The van der Waals surface area contributed by atoms with Crippen molar-refractivity contribution in [2.24, 2.45) is 0 Å². The van der Waals surface area contributed by atoms with Crippen LogP contribution in [0.25, 0.3) is 0 Å². The first kappa shape index (κ1) is 18.2. The maximum absolute atomic E-state index is 12.4. The van der Waals surface area contributed by atoms with Crippen molar-refractivity contribution in [3.05, 3.63) is 77.6 Å². The van der Waals surface area contributed by atoms with Crippen molar-refractivity contribution < 1.29 is 4.79 Å². The van der Waals surface area contributed by atoms with Crippen molar-refractivity contribution in [2.75, 3.05) is 0 Å². The van der Waals surface area contributed by atoms with E-state index in [0.29, 0.717) is 13.1 Å². The van der Waals surface area contributed by atoms with Crippen LogP contribution in [0.2, 0.25) is 0 Å². The zero-order valence-electron chi connectivity index (χ0n) is 14.9. The molecule has 0 radical (unpaired) electrons. The second-order valence-electron chi connectivity index (χ2n) is 6.07. The van der Waals surface area contributed by atoms with Crippen molar-refractivity contribution in [3.63, 3.8) is 0 Å². The Labute approximate surface area is 157 Å². The summed E-state index contributed by atoms with van der Waals surface area (Å²) in [4.78, 5) is 12.4. The van der Waals surface area contributed by atoms with Gasteiger partial charge in [0.1, 0.15) is 5.82 Å². The Bertz CT molecular complexity index is 849. The number of thioether (sulfide) groups is 1. The van der Waals surface area contributed by atoms with E-state index < -0.39 is 0 Å². The van der Waals surface area contributed by atoms with Crippen LogP contribution in [0.5, 0.6) is 0 Å².